The van der Waals surface area contributed by atoms with Crippen LogP contribution in [0.1, 0.15) is 60.3 Å². The fourth-order valence-electron chi connectivity index (χ4n) is 5.01. The summed E-state index contributed by atoms with van der Waals surface area (Å²) in [4.78, 5) is 27.0. The van der Waals surface area contributed by atoms with Crippen LogP contribution < -0.4 is 14.2 Å². The van der Waals surface area contributed by atoms with E-state index in [9.17, 15) is 9.59 Å². The van der Waals surface area contributed by atoms with Gasteiger partial charge in [0.1, 0.15) is 30.6 Å². The molecule has 2 atom stereocenters. The third-order valence-corrected chi connectivity index (χ3v) is 7.39. The SMILES string of the molecule is COC(=O)C1Cc2cc3c(cc2CN1C(=O)OC(C)(C)C)OC(c1ccc(OCc2ccc(C)c(C)c2)cc1)CO3. The van der Waals surface area contributed by atoms with Gasteiger partial charge in [0, 0.05) is 6.42 Å². The standard InChI is InChI=1S/C33H37NO7/c1-20-7-8-22(13-21(20)2)18-38-26-11-9-23(10-12-26)30-19-39-28-15-24-14-27(31(35)37-6)34(32(36)41-33(3,4)5)17-25(24)16-29(28)40-30/h7-13,15-16,27,30H,14,17-19H2,1-6H3. The van der Waals surface area contributed by atoms with E-state index in [1.54, 1.807) is 20.8 Å². The lowest BCUT2D eigenvalue weighted by atomic mass is 9.93. The van der Waals surface area contributed by atoms with Gasteiger partial charge >= 0.3 is 12.1 Å². The second-order valence-electron chi connectivity index (χ2n) is 11.6. The molecule has 0 radical (unpaired) electrons. The fourth-order valence-corrected chi connectivity index (χ4v) is 5.01. The summed E-state index contributed by atoms with van der Waals surface area (Å²) in [7, 11) is 1.32. The van der Waals surface area contributed by atoms with Crippen LogP contribution in [0.2, 0.25) is 0 Å². The summed E-state index contributed by atoms with van der Waals surface area (Å²) in [5, 5.41) is 0. The average Bonchev–Trinajstić information content (AvgIpc) is 2.94. The Morgan fingerprint density at radius 1 is 0.951 bits per heavy atom. The van der Waals surface area contributed by atoms with Crippen LogP contribution in [0.5, 0.6) is 17.2 Å². The Morgan fingerprint density at radius 3 is 2.37 bits per heavy atom. The zero-order valence-corrected chi connectivity index (χ0v) is 24.5. The average molecular weight is 560 g/mol. The van der Waals surface area contributed by atoms with Gasteiger partial charge in [-0.1, -0.05) is 30.3 Å². The minimum atomic E-state index is -0.784. The van der Waals surface area contributed by atoms with E-state index in [0.29, 0.717) is 31.1 Å². The number of benzene rings is 3. The number of hydrogen-bond donors (Lipinski definition) is 0. The van der Waals surface area contributed by atoms with Gasteiger partial charge in [-0.25, -0.2) is 9.59 Å². The molecule has 3 aromatic carbocycles. The molecule has 1 amide bonds. The van der Waals surface area contributed by atoms with E-state index in [0.717, 1.165) is 28.0 Å². The van der Waals surface area contributed by atoms with Crippen molar-refractivity contribution in [1.29, 1.82) is 0 Å². The van der Waals surface area contributed by atoms with Crippen molar-refractivity contribution in [2.24, 2.45) is 0 Å². The predicted molar refractivity (Wildman–Crippen MR) is 153 cm³/mol. The number of fused-ring (bicyclic) bond motifs is 2. The highest BCUT2D eigenvalue weighted by atomic mass is 16.6. The van der Waals surface area contributed by atoms with Crippen molar-refractivity contribution in [3.05, 3.63) is 88.0 Å². The number of carbonyl (C=O) groups is 2. The van der Waals surface area contributed by atoms with Crippen LogP contribution in [-0.4, -0.2) is 42.3 Å². The Balaban J connectivity index is 1.29. The van der Waals surface area contributed by atoms with Gasteiger partial charge in [-0.3, -0.25) is 4.90 Å². The van der Waals surface area contributed by atoms with Gasteiger partial charge in [-0.2, -0.15) is 0 Å². The predicted octanol–water partition coefficient (Wildman–Crippen LogP) is 6.23. The van der Waals surface area contributed by atoms with Crippen molar-refractivity contribution in [2.45, 2.75) is 71.9 Å². The van der Waals surface area contributed by atoms with Gasteiger partial charge in [0.15, 0.2) is 17.6 Å². The molecule has 216 valence electrons. The summed E-state index contributed by atoms with van der Waals surface area (Å²) in [5.41, 5.74) is 5.69. The lowest BCUT2D eigenvalue weighted by molar-refractivity contribution is -0.147. The number of aryl methyl sites for hydroxylation is 2. The Morgan fingerprint density at radius 2 is 1.68 bits per heavy atom. The van der Waals surface area contributed by atoms with Crippen molar-refractivity contribution in [3.8, 4) is 17.2 Å². The number of ether oxygens (including phenoxy) is 5. The Hall–Kier alpha value is -4.20. The maximum Gasteiger partial charge on any atom is 0.411 e. The van der Waals surface area contributed by atoms with Crippen LogP contribution in [0.3, 0.4) is 0 Å². The van der Waals surface area contributed by atoms with Crippen LogP contribution in [-0.2, 0) is 33.8 Å². The van der Waals surface area contributed by atoms with Crippen molar-refractivity contribution in [1.82, 2.24) is 4.90 Å². The van der Waals surface area contributed by atoms with Crippen molar-refractivity contribution in [2.75, 3.05) is 13.7 Å². The molecule has 0 N–H and O–H groups in total. The first kappa shape index (κ1) is 28.3. The molecule has 3 aromatic rings. The molecule has 5 rings (SSSR count). The van der Waals surface area contributed by atoms with Gasteiger partial charge in [0.25, 0.3) is 0 Å². The van der Waals surface area contributed by atoms with E-state index in [4.69, 9.17) is 23.7 Å². The summed E-state index contributed by atoms with van der Waals surface area (Å²) >= 11 is 0. The molecule has 2 heterocycles. The molecule has 0 aliphatic carbocycles. The van der Waals surface area contributed by atoms with Gasteiger partial charge in [-0.15, -0.1) is 0 Å². The summed E-state index contributed by atoms with van der Waals surface area (Å²) in [6, 6.07) is 17.2. The van der Waals surface area contributed by atoms with E-state index >= 15 is 0 Å². The highest BCUT2D eigenvalue weighted by molar-refractivity contribution is 5.82. The molecule has 2 unspecified atom stereocenters. The molecule has 0 bridgehead atoms. The number of esters is 1. The van der Waals surface area contributed by atoms with Crippen molar-refractivity contribution >= 4 is 12.1 Å². The Bertz CT molecular complexity index is 1440. The maximum absolute atomic E-state index is 13.0. The number of rotatable bonds is 5. The van der Waals surface area contributed by atoms with Crippen molar-refractivity contribution < 1.29 is 33.3 Å². The molecule has 0 saturated carbocycles. The van der Waals surface area contributed by atoms with E-state index in [2.05, 4.69) is 32.0 Å². The number of hydrogen-bond acceptors (Lipinski definition) is 7. The Kier molecular flexibility index (Phi) is 7.84. The molecule has 2 aliphatic rings. The van der Waals surface area contributed by atoms with Crippen LogP contribution in [0.15, 0.2) is 54.6 Å². The lowest BCUT2D eigenvalue weighted by Crippen LogP contribution is -2.50. The summed E-state index contributed by atoms with van der Waals surface area (Å²) in [6.45, 7) is 10.6. The monoisotopic (exact) mass is 559 g/mol. The van der Waals surface area contributed by atoms with Crippen molar-refractivity contribution in [3.63, 3.8) is 0 Å². The first-order valence-electron chi connectivity index (χ1n) is 13.8. The second kappa shape index (κ2) is 11.4. The van der Waals surface area contributed by atoms with Gasteiger partial charge in [0.05, 0.1) is 13.7 Å². The normalized spacial score (nSPS) is 17.9. The molecule has 2 aliphatic heterocycles. The van der Waals surface area contributed by atoms with E-state index < -0.39 is 23.7 Å². The quantitative estimate of drug-likeness (QED) is 0.343. The van der Waals surface area contributed by atoms with Crippen LogP contribution in [0.25, 0.3) is 0 Å². The smallest absolute Gasteiger partial charge is 0.411 e. The number of nitrogens with zero attached hydrogens (tertiary/aromatic N) is 1. The van der Waals surface area contributed by atoms with E-state index in [-0.39, 0.29) is 12.6 Å². The van der Waals surface area contributed by atoms with E-state index in [1.807, 2.05) is 36.4 Å². The molecule has 41 heavy (non-hydrogen) atoms. The highest BCUT2D eigenvalue weighted by Crippen LogP contribution is 2.41. The minimum absolute atomic E-state index is 0.192. The van der Waals surface area contributed by atoms with Gasteiger partial charge < -0.3 is 23.7 Å². The molecule has 0 fully saturated rings. The highest BCUT2D eigenvalue weighted by Gasteiger charge is 2.39. The van der Waals surface area contributed by atoms with Crippen LogP contribution in [0, 0.1) is 13.8 Å². The third kappa shape index (κ3) is 6.42. The Labute approximate surface area is 241 Å². The first-order chi connectivity index (χ1) is 19.5. The lowest BCUT2D eigenvalue weighted by Gasteiger charge is -2.37. The van der Waals surface area contributed by atoms with Gasteiger partial charge in [-0.05, 0) is 92.3 Å². The molecule has 8 heteroatoms. The largest absolute Gasteiger partial charge is 0.489 e. The minimum Gasteiger partial charge on any atom is -0.489 e. The zero-order valence-electron chi connectivity index (χ0n) is 24.5. The summed E-state index contributed by atoms with van der Waals surface area (Å²) in [5.74, 6) is 1.50. The second-order valence-corrected chi connectivity index (χ2v) is 11.6. The molecule has 8 nitrogen and oxygen atoms in total. The maximum atomic E-state index is 13.0. The molecular formula is C33H37NO7. The summed E-state index contributed by atoms with van der Waals surface area (Å²) in [6.07, 6.45) is -0.570. The summed E-state index contributed by atoms with van der Waals surface area (Å²) < 4.78 is 29.0. The van der Waals surface area contributed by atoms with Crippen LogP contribution >= 0.6 is 0 Å². The van der Waals surface area contributed by atoms with Crippen LogP contribution in [0.4, 0.5) is 4.79 Å². The topological polar surface area (TPSA) is 83.5 Å². The zero-order chi connectivity index (χ0) is 29.3. The fraction of sp³-hybridized carbons (Fsp3) is 0.394. The number of methoxy groups -OCH3 is 1. The third-order valence-electron chi connectivity index (χ3n) is 7.39. The first-order valence-corrected chi connectivity index (χ1v) is 13.8. The molecule has 0 aromatic heterocycles. The number of amides is 1. The van der Waals surface area contributed by atoms with E-state index in [1.165, 1.54) is 23.1 Å². The molecule has 0 spiro atoms. The molecule has 0 saturated heterocycles. The van der Waals surface area contributed by atoms with Gasteiger partial charge in [0.2, 0.25) is 0 Å². The molecular weight excluding hydrogens is 522 g/mol. The number of carbonyl (C=O) groups excluding carboxylic acids is 2.